The number of aromatic nitrogens is 2. The van der Waals surface area contributed by atoms with Crippen molar-refractivity contribution in [3.05, 3.63) is 63.8 Å². The quantitative estimate of drug-likeness (QED) is 0.464. The van der Waals surface area contributed by atoms with Gasteiger partial charge in [0, 0.05) is 11.1 Å². The molecule has 0 fully saturated rings. The van der Waals surface area contributed by atoms with Crippen LogP contribution in [0.1, 0.15) is 16.1 Å². The maximum absolute atomic E-state index is 12.3. The minimum atomic E-state index is -0.450. The number of hydrazone groups is 1. The Balaban J connectivity index is 1.72. The van der Waals surface area contributed by atoms with E-state index in [1.165, 1.54) is 6.21 Å². The number of H-pyrrole nitrogens is 1. The van der Waals surface area contributed by atoms with E-state index in [1.54, 1.807) is 50.6 Å². The standard InChI is InChI=1S/C19H16Cl2N4O3/c1-27-16-7-6-11(8-17(16)28-2)14-9-15(24-23-14)19(26)25-22-10-12-4-3-5-13(20)18(12)21/h3-10H,1-2H3,(H,23,24)(H,25,26)/b22-10+. The summed E-state index contributed by atoms with van der Waals surface area (Å²) in [4.78, 5) is 12.3. The third-order valence-electron chi connectivity index (χ3n) is 3.85. The Hall–Kier alpha value is -3.03. The van der Waals surface area contributed by atoms with E-state index < -0.39 is 5.91 Å². The van der Waals surface area contributed by atoms with Gasteiger partial charge < -0.3 is 9.47 Å². The number of amides is 1. The molecule has 0 aliphatic heterocycles. The topological polar surface area (TPSA) is 88.6 Å². The second kappa shape index (κ2) is 8.77. The van der Waals surface area contributed by atoms with E-state index in [1.807, 2.05) is 6.07 Å². The highest BCUT2D eigenvalue weighted by Gasteiger charge is 2.13. The van der Waals surface area contributed by atoms with E-state index in [-0.39, 0.29) is 5.69 Å². The number of hydrogen-bond donors (Lipinski definition) is 2. The van der Waals surface area contributed by atoms with Crippen LogP contribution in [0.3, 0.4) is 0 Å². The first-order valence-electron chi connectivity index (χ1n) is 8.08. The van der Waals surface area contributed by atoms with Gasteiger partial charge >= 0.3 is 0 Å². The van der Waals surface area contributed by atoms with Crippen LogP contribution >= 0.6 is 23.2 Å². The number of aromatic amines is 1. The summed E-state index contributed by atoms with van der Waals surface area (Å²) in [6.07, 6.45) is 1.41. The lowest BCUT2D eigenvalue weighted by Gasteiger charge is -2.08. The molecular weight excluding hydrogens is 403 g/mol. The highest BCUT2D eigenvalue weighted by molar-refractivity contribution is 6.43. The number of rotatable bonds is 6. The van der Waals surface area contributed by atoms with E-state index in [0.29, 0.717) is 32.8 Å². The zero-order valence-corrected chi connectivity index (χ0v) is 16.5. The summed E-state index contributed by atoms with van der Waals surface area (Å²) in [5.74, 6) is 0.722. The second-order valence-electron chi connectivity index (χ2n) is 5.58. The predicted octanol–water partition coefficient (Wildman–Crippen LogP) is 4.16. The molecule has 1 amide bonds. The molecule has 0 aliphatic carbocycles. The first-order valence-corrected chi connectivity index (χ1v) is 8.84. The molecular formula is C19H16Cl2N4O3. The van der Waals surface area contributed by atoms with Crippen LogP contribution in [0.25, 0.3) is 11.3 Å². The molecule has 2 aromatic carbocycles. The van der Waals surface area contributed by atoms with Crippen molar-refractivity contribution < 1.29 is 14.3 Å². The van der Waals surface area contributed by atoms with Crippen molar-refractivity contribution in [2.24, 2.45) is 5.10 Å². The van der Waals surface area contributed by atoms with Crippen LogP contribution in [0, 0.1) is 0 Å². The van der Waals surface area contributed by atoms with Gasteiger partial charge in [-0.1, -0.05) is 35.3 Å². The Morgan fingerprint density at radius 3 is 2.68 bits per heavy atom. The van der Waals surface area contributed by atoms with Gasteiger partial charge in [-0.05, 0) is 30.3 Å². The lowest BCUT2D eigenvalue weighted by atomic mass is 10.1. The third-order valence-corrected chi connectivity index (χ3v) is 4.69. The van der Waals surface area contributed by atoms with E-state index in [0.717, 1.165) is 5.56 Å². The van der Waals surface area contributed by atoms with Gasteiger partial charge in [0.05, 0.1) is 36.2 Å². The molecule has 144 valence electrons. The number of methoxy groups -OCH3 is 2. The predicted molar refractivity (Wildman–Crippen MR) is 109 cm³/mol. The fourth-order valence-corrected chi connectivity index (χ4v) is 2.78. The maximum Gasteiger partial charge on any atom is 0.289 e. The van der Waals surface area contributed by atoms with Crippen LogP contribution < -0.4 is 14.9 Å². The molecule has 28 heavy (non-hydrogen) atoms. The molecule has 0 unspecified atom stereocenters. The molecule has 0 saturated carbocycles. The van der Waals surface area contributed by atoms with Gasteiger partial charge in [0.25, 0.3) is 5.91 Å². The van der Waals surface area contributed by atoms with Crippen LogP contribution in [0.4, 0.5) is 0 Å². The number of hydrogen-bond acceptors (Lipinski definition) is 5. The molecule has 3 rings (SSSR count). The third kappa shape index (κ3) is 4.27. The molecule has 0 spiro atoms. The van der Waals surface area contributed by atoms with Crippen molar-refractivity contribution in [2.45, 2.75) is 0 Å². The molecule has 0 aliphatic rings. The molecule has 0 saturated heterocycles. The van der Waals surface area contributed by atoms with Crippen LogP contribution in [0.15, 0.2) is 47.6 Å². The van der Waals surface area contributed by atoms with Gasteiger partial charge in [0.1, 0.15) is 5.69 Å². The van der Waals surface area contributed by atoms with Gasteiger partial charge in [-0.3, -0.25) is 9.89 Å². The number of carbonyl (C=O) groups is 1. The lowest BCUT2D eigenvalue weighted by molar-refractivity contribution is 0.0950. The number of nitrogens with zero attached hydrogens (tertiary/aromatic N) is 2. The van der Waals surface area contributed by atoms with Crippen molar-refractivity contribution in [1.29, 1.82) is 0 Å². The normalized spacial score (nSPS) is 10.9. The summed E-state index contributed by atoms with van der Waals surface area (Å²) in [7, 11) is 3.11. The average Bonchev–Trinajstić information content (AvgIpc) is 3.21. The van der Waals surface area contributed by atoms with Crippen LogP contribution in [-0.4, -0.2) is 36.5 Å². The molecule has 0 atom stereocenters. The van der Waals surface area contributed by atoms with Crippen LogP contribution in [0.5, 0.6) is 11.5 Å². The Bertz CT molecular complexity index is 1030. The molecule has 2 N–H and O–H groups in total. The number of ether oxygens (including phenoxy) is 2. The van der Waals surface area contributed by atoms with Crippen molar-refractivity contribution in [3.8, 4) is 22.8 Å². The summed E-state index contributed by atoms with van der Waals surface area (Å²) in [6, 6.07) is 12.1. The average molecular weight is 419 g/mol. The smallest absolute Gasteiger partial charge is 0.289 e. The Kier molecular flexibility index (Phi) is 6.18. The number of halogens is 2. The highest BCUT2D eigenvalue weighted by Crippen LogP contribution is 2.31. The number of nitrogens with one attached hydrogen (secondary N) is 2. The zero-order chi connectivity index (χ0) is 20.1. The van der Waals surface area contributed by atoms with Crippen LogP contribution in [0.2, 0.25) is 10.0 Å². The van der Waals surface area contributed by atoms with Crippen molar-refractivity contribution in [1.82, 2.24) is 15.6 Å². The van der Waals surface area contributed by atoms with Gasteiger partial charge in [-0.15, -0.1) is 0 Å². The van der Waals surface area contributed by atoms with Crippen molar-refractivity contribution in [3.63, 3.8) is 0 Å². The first-order chi connectivity index (χ1) is 13.5. The van der Waals surface area contributed by atoms with Gasteiger partial charge in [-0.25, -0.2) is 5.43 Å². The molecule has 7 nitrogen and oxygen atoms in total. The van der Waals surface area contributed by atoms with Crippen molar-refractivity contribution in [2.75, 3.05) is 14.2 Å². The van der Waals surface area contributed by atoms with Gasteiger partial charge in [0.15, 0.2) is 11.5 Å². The summed E-state index contributed by atoms with van der Waals surface area (Å²) >= 11 is 12.0. The first kappa shape index (κ1) is 19.7. The Morgan fingerprint density at radius 1 is 1.14 bits per heavy atom. The van der Waals surface area contributed by atoms with Crippen LogP contribution in [-0.2, 0) is 0 Å². The molecule has 1 aromatic heterocycles. The van der Waals surface area contributed by atoms with Gasteiger partial charge in [-0.2, -0.15) is 10.2 Å². The summed E-state index contributed by atoms with van der Waals surface area (Å²) in [5.41, 5.74) is 4.59. The van der Waals surface area contributed by atoms with E-state index >= 15 is 0 Å². The zero-order valence-electron chi connectivity index (χ0n) is 15.0. The number of carbonyl (C=O) groups excluding carboxylic acids is 1. The largest absolute Gasteiger partial charge is 0.493 e. The lowest BCUT2D eigenvalue weighted by Crippen LogP contribution is -2.18. The van der Waals surface area contributed by atoms with Crippen molar-refractivity contribution >= 4 is 35.3 Å². The highest BCUT2D eigenvalue weighted by atomic mass is 35.5. The van der Waals surface area contributed by atoms with E-state index in [9.17, 15) is 4.79 Å². The molecule has 9 heteroatoms. The molecule has 3 aromatic rings. The minimum absolute atomic E-state index is 0.249. The fourth-order valence-electron chi connectivity index (χ4n) is 2.42. The number of benzene rings is 2. The second-order valence-corrected chi connectivity index (χ2v) is 6.36. The van der Waals surface area contributed by atoms with E-state index in [2.05, 4.69) is 20.7 Å². The Labute approximate surface area is 171 Å². The minimum Gasteiger partial charge on any atom is -0.493 e. The van der Waals surface area contributed by atoms with E-state index in [4.69, 9.17) is 32.7 Å². The monoisotopic (exact) mass is 418 g/mol. The SMILES string of the molecule is COc1ccc(-c2cc(C(=O)N/N=C/c3cccc(Cl)c3Cl)[nH]n2)cc1OC. The summed E-state index contributed by atoms with van der Waals surface area (Å²) in [5, 5.41) is 11.5. The van der Waals surface area contributed by atoms with Gasteiger partial charge in [0.2, 0.25) is 0 Å². The maximum atomic E-state index is 12.3. The summed E-state index contributed by atoms with van der Waals surface area (Å²) in [6.45, 7) is 0. The molecule has 0 radical (unpaired) electrons. The molecule has 1 heterocycles. The fraction of sp³-hybridized carbons (Fsp3) is 0.105. The Morgan fingerprint density at radius 2 is 1.93 bits per heavy atom. The molecule has 0 bridgehead atoms. The summed E-state index contributed by atoms with van der Waals surface area (Å²) < 4.78 is 10.5.